The molecule has 0 unspecified atom stereocenters. The van der Waals surface area contributed by atoms with E-state index in [1.165, 1.54) is 7.11 Å². The van der Waals surface area contributed by atoms with Crippen molar-refractivity contribution in [2.45, 2.75) is 20.4 Å². The van der Waals surface area contributed by atoms with Gasteiger partial charge < -0.3 is 19.5 Å². The summed E-state index contributed by atoms with van der Waals surface area (Å²) in [6.07, 6.45) is 0. The van der Waals surface area contributed by atoms with Crippen LogP contribution in [-0.2, 0) is 11.3 Å². The Labute approximate surface area is 165 Å². The van der Waals surface area contributed by atoms with Crippen LogP contribution in [0.25, 0.3) is 10.8 Å². The minimum absolute atomic E-state index is 0.124. The second kappa shape index (κ2) is 9.71. The average Bonchev–Trinajstić information content (AvgIpc) is 2.71. The fourth-order valence-corrected chi connectivity index (χ4v) is 2.74. The van der Waals surface area contributed by atoms with E-state index in [-0.39, 0.29) is 11.4 Å². The van der Waals surface area contributed by atoms with E-state index < -0.39 is 5.97 Å². The third-order valence-corrected chi connectivity index (χ3v) is 3.86. The van der Waals surface area contributed by atoms with Gasteiger partial charge in [-0.05, 0) is 32.3 Å². The number of carbonyl (C=O) groups is 1. The number of pyridine rings is 1. The number of aromatic nitrogens is 1. The number of hydrogen-bond acceptors (Lipinski definition) is 6. The van der Waals surface area contributed by atoms with Crippen molar-refractivity contribution < 1.29 is 19.4 Å². The Morgan fingerprint density at radius 1 is 1.07 bits per heavy atom. The number of esters is 1. The molecule has 1 aromatic heterocycles. The number of rotatable bonds is 5. The molecule has 0 bridgehead atoms. The van der Waals surface area contributed by atoms with Gasteiger partial charge in [-0.3, -0.25) is 0 Å². The molecule has 6 nitrogen and oxygen atoms in total. The zero-order valence-corrected chi connectivity index (χ0v) is 16.9. The van der Waals surface area contributed by atoms with E-state index in [0.29, 0.717) is 29.1 Å². The second-order valence-electron chi connectivity index (χ2n) is 6.08. The monoisotopic (exact) mass is 382 g/mol. The fraction of sp³-hybridized carbons (Fsp3) is 0.273. The van der Waals surface area contributed by atoms with E-state index >= 15 is 0 Å². The van der Waals surface area contributed by atoms with Gasteiger partial charge in [0.15, 0.2) is 11.4 Å². The molecule has 0 saturated heterocycles. The summed E-state index contributed by atoms with van der Waals surface area (Å²) >= 11 is 0. The molecule has 3 rings (SSSR count). The molecule has 0 atom stereocenters. The smallest absolute Gasteiger partial charge is 0.360 e. The maximum atomic E-state index is 12.1. The van der Waals surface area contributed by atoms with E-state index in [9.17, 15) is 9.90 Å². The fourth-order valence-electron chi connectivity index (χ4n) is 2.74. The van der Waals surface area contributed by atoms with Gasteiger partial charge in [0.25, 0.3) is 0 Å². The van der Waals surface area contributed by atoms with Crippen LogP contribution in [0.15, 0.2) is 48.5 Å². The molecule has 0 aliphatic heterocycles. The first-order chi connectivity index (χ1) is 13.5. The van der Waals surface area contributed by atoms with E-state index in [2.05, 4.69) is 4.98 Å². The normalized spacial score (nSPS) is 10.4. The van der Waals surface area contributed by atoms with Crippen molar-refractivity contribution in [3.8, 4) is 17.2 Å². The zero-order valence-electron chi connectivity index (χ0n) is 16.9. The molecule has 0 saturated carbocycles. The van der Waals surface area contributed by atoms with Crippen molar-refractivity contribution in [2.75, 3.05) is 21.2 Å². The molecule has 1 N–H and O–H groups in total. The topological polar surface area (TPSA) is 71.9 Å². The number of fused-ring (bicyclic) bond motifs is 1. The minimum atomic E-state index is -0.695. The average molecular weight is 382 g/mol. The van der Waals surface area contributed by atoms with Crippen LogP contribution in [0.1, 0.15) is 30.0 Å². The van der Waals surface area contributed by atoms with Crippen molar-refractivity contribution in [2.24, 2.45) is 0 Å². The first-order valence-electron chi connectivity index (χ1n) is 9.11. The van der Waals surface area contributed by atoms with Gasteiger partial charge in [0.1, 0.15) is 11.5 Å². The summed E-state index contributed by atoms with van der Waals surface area (Å²) in [5, 5.41) is 11.9. The number of nitrogens with zero attached hydrogens (tertiary/aromatic N) is 2. The van der Waals surface area contributed by atoms with Crippen LogP contribution in [0.4, 0.5) is 0 Å². The van der Waals surface area contributed by atoms with Gasteiger partial charge in [0.2, 0.25) is 0 Å². The van der Waals surface area contributed by atoms with Gasteiger partial charge in [-0.15, -0.1) is 0 Å². The van der Waals surface area contributed by atoms with Crippen molar-refractivity contribution in [1.82, 2.24) is 9.88 Å². The standard InChI is InChI=1S/C20H20N2O4.C2H6/c1-22(2)12-15-14-10-7-11-16(26-13-8-5-4-6-9-13)17(14)19(23)18(21-15)20(24)25-3;1-2/h4-11,23H,12H2,1-3H3;1-2H3. The molecular weight excluding hydrogens is 356 g/mol. The lowest BCUT2D eigenvalue weighted by Gasteiger charge is -2.16. The molecule has 6 heteroatoms. The summed E-state index contributed by atoms with van der Waals surface area (Å²) in [6.45, 7) is 4.50. The molecule has 0 aliphatic carbocycles. The molecular formula is C22H26N2O4. The van der Waals surface area contributed by atoms with Crippen LogP contribution in [0, 0.1) is 0 Å². The largest absolute Gasteiger partial charge is 0.505 e. The molecule has 2 aromatic carbocycles. The summed E-state index contributed by atoms with van der Waals surface area (Å²) in [4.78, 5) is 18.4. The third kappa shape index (κ3) is 4.58. The van der Waals surface area contributed by atoms with Crippen LogP contribution in [0.2, 0.25) is 0 Å². The number of para-hydroxylation sites is 1. The minimum Gasteiger partial charge on any atom is -0.505 e. The Hall–Kier alpha value is -3.12. The summed E-state index contributed by atoms with van der Waals surface area (Å²) in [6, 6.07) is 14.7. The van der Waals surface area contributed by atoms with Crippen LogP contribution >= 0.6 is 0 Å². The number of carbonyl (C=O) groups excluding carboxylic acids is 1. The zero-order chi connectivity index (χ0) is 20.7. The molecule has 148 valence electrons. The van der Waals surface area contributed by atoms with Crippen LogP contribution < -0.4 is 4.74 Å². The van der Waals surface area contributed by atoms with E-state index in [0.717, 1.165) is 5.39 Å². The molecule has 0 radical (unpaired) electrons. The molecule has 1 heterocycles. The predicted octanol–water partition coefficient (Wildman–Crippen LogP) is 4.61. The number of methoxy groups -OCH3 is 1. The Morgan fingerprint density at radius 3 is 2.36 bits per heavy atom. The second-order valence-corrected chi connectivity index (χ2v) is 6.08. The summed E-state index contributed by atoms with van der Waals surface area (Å²) in [5.41, 5.74) is 0.530. The van der Waals surface area contributed by atoms with Gasteiger partial charge in [-0.2, -0.15) is 0 Å². The lowest BCUT2D eigenvalue weighted by Crippen LogP contribution is -2.15. The molecule has 0 spiro atoms. The predicted molar refractivity (Wildman–Crippen MR) is 110 cm³/mol. The SMILES string of the molecule is CC.COC(=O)c1nc(CN(C)C)c2cccc(Oc3ccccc3)c2c1O. The van der Waals surface area contributed by atoms with Crippen molar-refractivity contribution in [3.63, 3.8) is 0 Å². The van der Waals surface area contributed by atoms with Crippen molar-refractivity contribution in [1.29, 1.82) is 0 Å². The number of ether oxygens (including phenoxy) is 2. The van der Waals surface area contributed by atoms with Crippen LogP contribution in [-0.4, -0.2) is 42.2 Å². The quantitative estimate of drug-likeness (QED) is 0.650. The van der Waals surface area contributed by atoms with Crippen LogP contribution in [0.5, 0.6) is 17.2 Å². The van der Waals surface area contributed by atoms with Gasteiger partial charge in [0, 0.05) is 11.9 Å². The highest BCUT2D eigenvalue weighted by atomic mass is 16.5. The third-order valence-electron chi connectivity index (χ3n) is 3.86. The van der Waals surface area contributed by atoms with Crippen molar-refractivity contribution >= 4 is 16.7 Å². The van der Waals surface area contributed by atoms with Crippen molar-refractivity contribution in [3.05, 3.63) is 59.9 Å². The summed E-state index contributed by atoms with van der Waals surface area (Å²) < 4.78 is 10.7. The lowest BCUT2D eigenvalue weighted by atomic mass is 10.1. The number of aromatic hydroxyl groups is 1. The first kappa shape index (κ1) is 21.2. The first-order valence-corrected chi connectivity index (χ1v) is 9.11. The summed E-state index contributed by atoms with van der Waals surface area (Å²) in [7, 11) is 5.07. The lowest BCUT2D eigenvalue weighted by molar-refractivity contribution is 0.0590. The van der Waals surface area contributed by atoms with Gasteiger partial charge in [-0.1, -0.05) is 44.2 Å². The van der Waals surface area contributed by atoms with Gasteiger partial charge in [0.05, 0.1) is 18.2 Å². The van der Waals surface area contributed by atoms with Crippen LogP contribution in [0.3, 0.4) is 0 Å². The Morgan fingerprint density at radius 2 is 1.75 bits per heavy atom. The molecule has 0 fully saturated rings. The maximum Gasteiger partial charge on any atom is 0.360 e. The van der Waals surface area contributed by atoms with Gasteiger partial charge >= 0.3 is 5.97 Å². The maximum absolute atomic E-state index is 12.1. The van der Waals surface area contributed by atoms with E-state index in [4.69, 9.17) is 9.47 Å². The van der Waals surface area contributed by atoms with Gasteiger partial charge in [-0.25, -0.2) is 9.78 Å². The summed E-state index contributed by atoms with van der Waals surface area (Å²) in [5.74, 6) is 0.128. The van der Waals surface area contributed by atoms with E-state index in [1.807, 2.05) is 75.3 Å². The molecule has 0 aliphatic rings. The Balaban J connectivity index is 0.00000136. The number of benzene rings is 2. The molecule has 28 heavy (non-hydrogen) atoms. The highest BCUT2D eigenvalue weighted by Gasteiger charge is 2.22. The Kier molecular flexibility index (Phi) is 7.35. The number of hydrogen-bond donors (Lipinski definition) is 1. The highest BCUT2D eigenvalue weighted by molar-refractivity contribution is 6.02. The highest BCUT2D eigenvalue weighted by Crippen LogP contribution is 2.39. The van der Waals surface area contributed by atoms with E-state index in [1.54, 1.807) is 6.07 Å². The molecule has 0 amide bonds. The molecule has 3 aromatic rings. The Bertz CT molecular complexity index is 940.